The van der Waals surface area contributed by atoms with E-state index >= 15 is 0 Å². The fourth-order valence-electron chi connectivity index (χ4n) is 6.09. The van der Waals surface area contributed by atoms with Crippen molar-refractivity contribution in [3.63, 3.8) is 0 Å². The molecule has 3 aromatic rings. The fraction of sp³-hybridized carbons (Fsp3) is 0.344. The van der Waals surface area contributed by atoms with Crippen LogP contribution in [0.4, 0.5) is 0 Å². The lowest BCUT2D eigenvalue weighted by Crippen LogP contribution is -2.51. The SMILES string of the molecule is Cc1ccc(S(=O)(=O)N[C@@H]2[C@@H]3C[C@@](c4ccc(-c5ccccc5)cc4)(CO3)[C@H]2CC=CCCCC(=O)O)cc1. The van der Waals surface area contributed by atoms with Gasteiger partial charge in [0, 0.05) is 11.8 Å². The molecule has 3 aromatic carbocycles. The Morgan fingerprint density at radius 1 is 1.00 bits per heavy atom. The summed E-state index contributed by atoms with van der Waals surface area (Å²) in [5.41, 5.74) is 4.13. The molecular formula is C32H35NO5S. The van der Waals surface area contributed by atoms with Crippen LogP contribution in [0, 0.1) is 12.8 Å². The molecule has 5 rings (SSSR count). The lowest BCUT2D eigenvalue weighted by molar-refractivity contribution is -0.137. The van der Waals surface area contributed by atoms with Crippen LogP contribution < -0.4 is 4.72 Å². The van der Waals surface area contributed by atoms with Crippen LogP contribution in [0.1, 0.15) is 43.2 Å². The molecule has 6 nitrogen and oxygen atoms in total. The second kappa shape index (κ2) is 11.5. The van der Waals surface area contributed by atoms with Gasteiger partial charge in [-0.1, -0.05) is 84.4 Å². The third kappa shape index (κ3) is 5.86. The first kappa shape index (κ1) is 27.3. The summed E-state index contributed by atoms with van der Waals surface area (Å²) in [5, 5.41) is 8.92. The molecule has 0 spiro atoms. The van der Waals surface area contributed by atoms with Crippen molar-refractivity contribution in [2.24, 2.45) is 5.92 Å². The number of aryl methyl sites for hydroxylation is 1. The van der Waals surface area contributed by atoms with Crippen molar-refractivity contribution in [1.82, 2.24) is 4.72 Å². The van der Waals surface area contributed by atoms with Gasteiger partial charge in [-0.3, -0.25) is 4.79 Å². The Morgan fingerprint density at radius 3 is 2.38 bits per heavy atom. The number of carboxylic acid groups (broad SMARTS) is 1. The topological polar surface area (TPSA) is 92.7 Å². The van der Waals surface area contributed by atoms with E-state index in [2.05, 4.69) is 47.2 Å². The highest BCUT2D eigenvalue weighted by Gasteiger charge is 2.60. The number of carbonyl (C=O) groups is 1. The van der Waals surface area contributed by atoms with Crippen molar-refractivity contribution >= 4 is 16.0 Å². The molecular weight excluding hydrogens is 510 g/mol. The molecule has 1 heterocycles. The molecule has 4 atom stereocenters. The van der Waals surface area contributed by atoms with Crippen molar-refractivity contribution in [3.05, 3.63) is 102 Å². The van der Waals surface area contributed by atoms with E-state index in [1.807, 2.05) is 31.2 Å². The van der Waals surface area contributed by atoms with E-state index in [0.29, 0.717) is 25.9 Å². The summed E-state index contributed by atoms with van der Waals surface area (Å²) in [6.07, 6.45) is 6.71. The number of ether oxygens (including phenoxy) is 1. The number of nitrogens with one attached hydrogen (secondary N) is 1. The van der Waals surface area contributed by atoms with Crippen LogP contribution in [0.2, 0.25) is 0 Å². The number of unbranched alkanes of at least 4 members (excludes halogenated alkanes) is 1. The number of hydrogen-bond acceptors (Lipinski definition) is 4. The van der Waals surface area contributed by atoms with E-state index in [9.17, 15) is 13.2 Å². The summed E-state index contributed by atoms with van der Waals surface area (Å²) < 4.78 is 36.0. The first-order chi connectivity index (χ1) is 18.8. The van der Waals surface area contributed by atoms with E-state index in [1.54, 1.807) is 24.3 Å². The number of hydrogen-bond donors (Lipinski definition) is 2. The maximum absolute atomic E-state index is 13.4. The van der Waals surface area contributed by atoms with Crippen molar-refractivity contribution in [3.8, 4) is 11.1 Å². The Labute approximate surface area is 230 Å². The minimum atomic E-state index is -3.74. The molecule has 2 aliphatic rings. The zero-order valence-corrected chi connectivity index (χ0v) is 22.9. The summed E-state index contributed by atoms with van der Waals surface area (Å²) >= 11 is 0. The number of sulfonamides is 1. The quantitative estimate of drug-likeness (QED) is 0.232. The van der Waals surface area contributed by atoms with Crippen molar-refractivity contribution in [1.29, 1.82) is 0 Å². The van der Waals surface area contributed by atoms with Crippen LogP contribution in [0.5, 0.6) is 0 Å². The predicted octanol–water partition coefficient (Wildman–Crippen LogP) is 5.87. The first-order valence-corrected chi connectivity index (χ1v) is 15.0. The lowest BCUT2D eigenvalue weighted by atomic mass is 9.70. The van der Waals surface area contributed by atoms with E-state index in [4.69, 9.17) is 9.84 Å². The Hall–Kier alpha value is -3.26. The van der Waals surface area contributed by atoms with Gasteiger partial charge in [-0.2, -0.15) is 0 Å². The van der Waals surface area contributed by atoms with Gasteiger partial charge in [0.15, 0.2) is 0 Å². The Bertz CT molecular complexity index is 1420. The zero-order chi connectivity index (χ0) is 27.5. The number of fused-ring (bicyclic) bond motifs is 2. The van der Waals surface area contributed by atoms with Gasteiger partial charge < -0.3 is 9.84 Å². The van der Waals surface area contributed by atoms with Crippen LogP contribution in [-0.4, -0.2) is 38.2 Å². The monoisotopic (exact) mass is 545 g/mol. The van der Waals surface area contributed by atoms with Crippen LogP contribution in [0.25, 0.3) is 11.1 Å². The average Bonchev–Trinajstić information content (AvgIpc) is 3.50. The molecule has 2 N–H and O–H groups in total. The Balaban J connectivity index is 1.42. The second-order valence-electron chi connectivity index (χ2n) is 10.7. The van der Waals surface area contributed by atoms with E-state index < -0.39 is 16.0 Å². The summed E-state index contributed by atoms with van der Waals surface area (Å²) in [7, 11) is -3.74. The standard InChI is InChI=1S/C32H35NO5S/c1-23-13-19-27(20-14-23)39(36,37)33-31-28(11-7-2-3-8-12-30(34)35)32(21-29(31)38-22-32)26-17-15-25(16-18-26)24-9-5-4-6-10-24/h2,4-7,9-10,13-20,28-29,31,33H,3,8,11-12,21-22H2,1H3,(H,34,35)/t28-,29-,31-,32-/m0/s1. The molecule has 0 radical (unpaired) electrons. The lowest BCUT2D eigenvalue weighted by Gasteiger charge is -2.39. The van der Waals surface area contributed by atoms with Gasteiger partial charge in [-0.05, 0) is 67.3 Å². The molecule has 1 aliphatic heterocycles. The average molecular weight is 546 g/mol. The van der Waals surface area contributed by atoms with Gasteiger partial charge in [-0.15, -0.1) is 0 Å². The van der Waals surface area contributed by atoms with Crippen LogP contribution in [0.3, 0.4) is 0 Å². The van der Waals surface area contributed by atoms with Gasteiger partial charge in [0.05, 0.1) is 23.6 Å². The van der Waals surface area contributed by atoms with Crippen LogP contribution in [-0.2, 0) is 25.0 Å². The molecule has 39 heavy (non-hydrogen) atoms. The smallest absolute Gasteiger partial charge is 0.303 e. The fourth-order valence-corrected chi connectivity index (χ4v) is 7.40. The van der Waals surface area contributed by atoms with Gasteiger partial charge in [0.25, 0.3) is 0 Å². The largest absolute Gasteiger partial charge is 0.481 e. The normalized spacial score (nSPS) is 24.4. The highest BCUT2D eigenvalue weighted by Crippen LogP contribution is 2.54. The van der Waals surface area contributed by atoms with Gasteiger partial charge >= 0.3 is 5.97 Å². The first-order valence-electron chi connectivity index (χ1n) is 13.5. The number of allylic oxidation sites excluding steroid dienone is 2. The van der Waals surface area contributed by atoms with Crippen LogP contribution >= 0.6 is 0 Å². The van der Waals surface area contributed by atoms with E-state index in [-0.39, 0.29) is 34.8 Å². The third-order valence-electron chi connectivity index (χ3n) is 8.17. The summed E-state index contributed by atoms with van der Waals surface area (Å²) in [4.78, 5) is 11.1. The van der Waals surface area contributed by atoms with Crippen molar-refractivity contribution < 1.29 is 23.1 Å². The molecule has 0 amide bonds. The minimum Gasteiger partial charge on any atom is -0.481 e. The van der Waals surface area contributed by atoms with Gasteiger partial charge in [0.2, 0.25) is 10.0 Å². The molecule has 2 bridgehead atoms. The molecule has 0 aromatic heterocycles. The highest BCUT2D eigenvalue weighted by molar-refractivity contribution is 7.89. The number of carboxylic acids is 1. The number of rotatable bonds is 11. The van der Waals surface area contributed by atoms with Crippen LogP contribution in [0.15, 0.2) is 95.9 Å². The predicted molar refractivity (Wildman–Crippen MR) is 152 cm³/mol. The van der Waals surface area contributed by atoms with E-state index in [0.717, 1.165) is 28.7 Å². The molecule has 7 heteroatoms. The van der Waals surface area contributed by atoms with Crippen molar-refractivity contribution in [2.75, 3.05) is 6.61 Å². The van der Waals surface area contributed by atoms with Gasteiger partial charge in [-0.25, -0.2) is 13.1 Å². The third-order valence-corrected chi connectivity index (χ3v) is 9.65. The van der Waals surface area contributed by atoms with Crippen molar-refractivity contribution in [2.45, 2.75) is 61.5 Å². The molecule has 1 saturated heterocycles. The van der Waals surface area contributed by atoms with E-state index in [1.165, 1.54) is 0 Å². The minimum absolute atomic E-state index is 0.00484. The maximum atomic E-state index is 13.4. The second-order valence-corrected chi connectivity index (χ2v) is 12.4. The molecule has 2 fully saturated rings. The summed E-state index contributed by atoms with van der Waals surface area (Å²) in [5.74, 6) is -0.799. The maximum Gasteiger partial charge on any atom is 0.303 e. The molecule has 1 aliphatic carbocycles. The Kier molecular flexibility index (Phi) is 8.03. The molecule has 0 unspecified atom stereocenters. The number of aliphatic carboxylic acids is 1. The van der Waals surface area contributed by atoms with Gasteiger partial charge in [0.1, 0.15) is 0 Å². The summed E-state index contributed by atoms with van der Waals surface area (Å²) in [6.45, 7) is 2.47. The Morgan fingerprint density at radius 2 is 1.69 bits per heavy atom. The highest BCUT2D eigenvalue weighted by atomic mass is 32.2. The zero-order valence-electron chi connectivity index (χ0n) is 22.1. The summed E-state index contributed by atoms with van der Waals surface area (Å²) in [6, 6.07) is 25.3. The number of benzene rings is 3. The molecule has 204 valence electrons. The molecule has 1 saturated carbocycles.